The van der Waals surface area contributed by atoms with Crippen LogP contribution in [0.5, 0.6) is 0 Å². The average molecular weight is 303 g/mol. The highest BCUT2D eigenvalue weighted by atomic mass is 19.1. The number of carbonyl (C=O) groups excluding carboxylic acids is 1. The maximum Gasteiger partial charge on any atom is 0.274 e. The maximum absolute atomic E-state index is 13.6. The van der Waals surface area contributed by atoms with Crippen molar-refractivity contribution in [3.8, 4) is 0 Å². The number of benzene rings is 1. The monoisotopic (exact) mass is 303 g/mol. The summed E-state index contributed by atoms with van der Waals surface area (Å²) in [5.41, 5.74) is 0.569. The van der Waals surface area contributed by atoms with E-state index >= 15 is 0 Å². The summed E-state index contributed by atoms with van der Waals surface area (Å²) in [6.45, 7) is 1.88. The smallest absolute Gasteiger partial charge is 0.274 e. The number of amides is 1. The molecule has 4 nitrogen and oxygen atoms in total. The van der Waals surface area contributed by atoms with E-state index in [2.05, 4.69) is 15.2 Å². The average Bonchev–Trinajstić information content (AvgIpc) is 3.05. The molecule has 1 aliphatic heterocycles. The van der Waals surface area contributed by atoms with Gasteiger partial charge in [-0.15, -0.1) is 0 Å². The number of para-hydroxylation sites is 1. The van der Waals surface area contributed by atoms with Gasteiger partial charge in [0.05, 0.1) is 0 Å². The summed E-state index contributed by atoms with van der Waals surface area (Å²) in [5.74, 6) is -2.27. The number of nitrogens with one attached hydrogen (secondary N) is 1. The van der Waals surface area contributed by atoms with Crippen molar-refractivity contribution in [3.05, 3.63) is 53.9 Å². The maximum atomic E-state index is 13.6. The zero-order valence-corrected chi connectivity index (χ0v) is 11.9. The lowest BCUT2D eigenvalue weighted by Gasteiger charge is -2.17. The number of pyridine rings is 1. The summed E-state index contributed by atoms with van der Waals surface area (Å²) < 4.78 is 27.1. The van der Waals surface area contributed by atoms with E-state index in [-0.39, 0.29) is 5.69 Å². The number of hydrogen-bond donors (Lipinski definition) is 1. The first-order chi connectivity index (χ1) is 10.6. The van der Waals surface area contributed by atoms with Gasteiger partial charge in [0.15, 0.2) is 0 Å². The first kappa shape index (κ1) is 14.4. The minimum Gasteiger partial charge on any atom is -0.371 e. The molecule has 1 N–H and O–H groups in total. The Morgan fingerprint density at radius 2 is 1.82 bits per heavy atom. The van der Waals surface area contributed by atoms with Crippen LogP contribution in [-0.4, -0.2) is 24.0 Å². The normalized spacial score (nSPS) is 14.2. The van der Waals surface area contributed by atoms with Crippen LogP contribution in [0.15, 0.2) is 36.5 Å². The lowest BCUT2D eigenvalue weighted by Crippen LogP contribution is -2.20. The molecule has 1 aromatic heterocycles. The molecule has 1 fully saturated rings. The molecule has 3 rings (SSSR count). The van der Waals surface area contributed by atoms with Crippen molar-refractivity contribution in [1.29, 1.82) is 0 Å². The Balaban J connectivity index is 1.82. The minimum absolute atomic E-state index is 0.132. The molecule has 2 heterocycles. The Morgan fingerprint density at radius 1 is 1.14 bits per heavy atom. The van der Waals surface area contributed by atoms with Crippen LogP contribution in [-0.2, 0) is 0 Å². The van der Waals surface area contributed by atoms with E-state index in [0.29, 0.717) is 0 Å². The van der Waals surface area contributed by atoms with E-state index < -0.39 is 23.2 Å². The highest BCUT2D eigenvalue weighted by molar-refractivity contribution is 6.03. The Kier molecular flexibility index (Phi) is 4.00. The van der Waals surface area contributed by atoms with Crippen molar-refractivity contribution in [2.75, 3.05) is 23.3 Å². The van der Waals surface area contributed by atoms with Crippen LogP contribution in [0.2, 0.25) is 0 Å². The number of hydrogen-bond acceptors (Lipinski definition) is 3. The molecule has 114 valence electrons. The van der Waals surface area contributed by atoms with Gasteiger partial charge in [0.1, 0.15) is 23.0 Å². The lowest BCUT2D eigenvalue weighted by atomic mass is 10.2. The van der Waals surface area contributed by atoms with Crippen molar-refractivity contribution >= 4 is 17.3 Å². The molecular weight excluding hydrogens is 288 g/mol. The summed E-state index contributed by atoms with van der Waals surface area (Å²) in [6, 6.07) is 6.89. The SMILES string of the molecule is O=C(Nc1c(F)cccc1F)c1cc(N2CCCC2)ccn1. The third kappa shape index (κ3) is 2.90. The number of aromatic nitrogens is 1. The molecule has 6 heteroatoms. The van der Waals surface area contributed by atoms with Crippen molar-refractivity contribution in [1.82, 2.24) is 4.98 Å². The van der Waals surface area contributed by atoms with Crippen molar-refractivity contribution in [3.63, 3.8) is 0 Å². The highest BCUT2D eigenvalue weighted by Gasteiger charge is 2.17. The number of anilines is 2. The third-order valence-corrected chi connectivity index (χ3v) is 3.65. The fourth-order valence-electron chi connectivity index (χ4n) is 2.51. The largest absolute Gasteiger partial charge is 0.371 e. The minimum atomic E-state index is -0.816. The van der Waals surface area contributed by atoms with Gasteiger partial charge in [0.2, 0.25) is 0 Å². The van der Waals surface area contributed by atoms with Gasteiger partial charge in [-0.1, -0.05) is 6.07 Å². The van der Waals surface area contributed by atoms with E-state index in [1.165, 1.54) is 12.3 Å². The van der Waals surface area contributed by atoms with Gasteiger partial charge in [-0.05, 0) is 37.1 Å². The van der Waals surface area contributed by atoms with Crippen molar-refractivity contribution in [2.24, 2.45) is 0 Å². The van der Waals surface area contributed by atoms with Crippen LogP contribution in [0.1, 0.15) is 23.3 Å². The van der Waals surface area contributed by atoms with Crippen molar-refractivity contribution < 1.29 is 13.6 Å². The second kappa shape index (κ2) is 6.09. The topological polar surface area (TPSA) is 45.2 Å². The molecule has 0 bridgehead atoms. The Bertz CT molecular complexity index is 679. The molecule has 2 aromatic rings. The van der Waals surface area contributed by atoms with Crippen LogP contribution >= 0.6 is 0 Å². The first-order valence-corrected chi connectivity index (χ1v) is 7.11. The number of rotatable bonds is 3. The van der Waals surface area contributed by atoms with Crippen LogP contribution in [0, 0.1) is 11.6 Å². The summed E-state index contributed by atoms with van der Waals surface area (Å²) in [6.07, 6.45) is 3.76. The molecule has 1 amide bonds. The Hall–Kier alpha value is -2.50. The van der Waals surface area contributed by atoms with Crippen LogP contribution in [0.25, 0.3) is 0 Å². The second-order valence-corrected chi connectivity index (χ2v) is 5.14. The molecule has 0 atom stereocenters. The van der Waals surface area contributed by atoms with Gasteiger partial charge < -0.3 is 10.2 Å². The van der Waals surface area contributed by atoms with E-state index in [9.17, 15) is 13.6 Å². The highest BCUT2D eigenvalue weighted by Crippen LogP contribution is 2.22. The zero-order valence-electron chi connectivity index (χ0n) is 11.9. The molecule has 0 unspecified atom stereocenters. The zero-order chi connectivity index (χ0) is 15.5. The van der Waals surface area contributed by atoms with Crippen molar-refractivity contribution in [2.45, 2.75) is 12.8 Å². The Labute approximate surface area is 126 Å². The van der Waals surface area contributed by atoms with E-state index in [1.807, 2.05) is 6.07 Å². The summed E-state index contributed by atoms with van der Waals surface area (Å²) in [5, 5.41) is 2.24. The quantitative estimate of drug-likeness (QED) is 0.947. The molecule has 0 spiro atoms. The van der Waals surface area contributed by atoms with Gasteiger partial charge in [0, 0.05) is 25.0 Å². The predicted molar refractivity (Wildman–Crippen MR) is 80.0 cm³/mol. The summed E-state index contributed by atoms with van der Waals surface area (Å²) in [7, 11) is 0. The van der Waals surface area contributed by atoms with Gasteiger partial charge in [-0.3, -0.25) is 9.78 Å². The molecule has 0 saturated carbocycles. The first-order valence-electron chi connectivity index (χ1n) is 7.11. The fraction of sp³-hybridized carbons (Fsp3) is 0.250. The molecule has 22 heavy (non-hydrogen) atoms. The lowest BCUT2D eigenvalue weighted by molar-refractivity contribution is 0.102. The molecule has 0 radical (unpaired) electrons. The van der Waals surface area contributed by atoms with Crippen LogP contribution in [0.4, 0.5) is 20.2 Å². The number of halogens is 2. The Morgan fingerprint density at radius 3 is 2.50 bits per heavy atom. The van der Waals surface area contributed by atoms with Crippen LogP contribution < -0.4 is 10.2 Å². The van der Waals surface area contributed by atoms with E-state index in [4.69, 9.17) is 0 Å². The number of nitrogens with zero attached hydrogens (tertiary/aromatic N) is 2. The molecule has 1 aromatic carbocycles. The van der Waals surface area contributed by atoms with E-state index in [1.54, 1.807) is 6.07 Å². The number of carbonyl (C=O) groups is 1. The van der Waals surface area contributed by atoms with Gasteiger partial charge in [-0.2, -0.15) is 0 Å². The second-order valence-electron chi connectivity index (χ2n) is 5.14. The van der Waals surface area contributed by atoms with Gasteiger partial charge in [0.25, 0.3) is 5.91 Å². The molecular formula is C16H15F2N3O. The van der Waals surface area contributed by atoms with E-state index in [0.717, 1.165) is 43.8 Å². The molecule has 1 aliphatic rings. The molecule has 1 saturated heterocycles. The van der Waals surface area contributed by atoms with Gasteiger partial charge >= 0.3 is 0 Å². The predicted octanol–water partition coefficient (Wildman–Crippen LogP) is 3.21. The standard InChI is InChI=1S/C16H15F2N3O/c17-12-4-3-5-13(18)15(12)20-16(22)14-10-11(6-7-19-14)21-8-1-2-9-21/h3-7,10H,1-2,8-9H2,(H,20,22). The summed E-state index contributed by atoms with van der Waals surface area (Å²) in [4.78, 5) is 18.3. The van der Waals surface area contributed by atoms with Crippen LogP contribution in [0.3, 0.4) is 0 Å². The third-order valence-electron chi connectivity index (χ3n) is 3.65. The summed E-state index contributed by atoms with van der Waals surface area (Å²) >= 11 is 0. The van der Waals surface area contributed by atoms with Gasteiger partial charge in [-0.25, -0.2) is 8.78 Å². The molecule has 0 aliphatic carbocycles. The fourth-order valence-corrected chi connectivity index (χ4v) is 2.51.